The molecule has 0 fully saturated rings. The Morgan fingerprint density at radius 1 is 1.37 bits per heavy atom. The maximum absolute atomic E-state index is 11.6. The van der Waals surface area contributed by atoms with Gasteiger partial charge in [0.1, 0.15) is 0 Å². The molecule has 6 nitrogen and oxygen atoms in total. The number of aryl methyl sites for hydroxylation is 1. The van der Waals surface area contributed by atoms with Crippen LogP contribution in [0, 0.1) is 0 Å². The number of nitrogens with zero attached hydrogens (tertiary/aromatic N) is 2. The second kappa shape index (κ2) is 6.53. The van der Waals surface area contributed by atoms with Gasteiger partial charge in [0.2, 0.25) is 11.8 Å². The Kier molecular flexibility index (Phi) is 4.49. The molecule has 0 saturated carbocycles. The molecule has 0 radical (unpaired) electrons. The van der Waals surface area contributed by atoms with Gasteiger partial charge >= 0.3 is 0 Å². The van der Waals surface area contributed by atoms with Crippen molar-refractivity contribution >= 4 is 11.6 Å². The van der Waals surface area contributed by atoms with Crippen molar-refractivity contribution in [3.8, 4) is 0 Å². The summed E-state index contributed by atoms with van der Waals surface area (Å²) in [7, 11) is 0. The first-order chi connectivity index (χ1) is 9.24. The van der Waals surface area contributed by atoms with Crippen LogP contribution in [0.5, 0.6) is 0 Å². The van der Waals surface area contributed by atoms with E-state index in [1.54, 1.807) is 0 Å². The van der Waals surface area contributed by atoms with Crippen LogP contribution in [0.1, 0.15) is 17.9 Å². The first-order valence-corrected chi connectivity index (χ1v) is 6.11. The number of anilines is 1. The molecule has 1 aromatic heterocycles. The molecule has 19 heavy (non-hydrogen) atoms. The summed E-state index contributed by atoms with van der Waals surface area (Å²) in [4.78, 5) is 15.5. The van der Waals surface area contributed by atoms with Crippen LogP contribution in [0.2, 0.25) is 0 Å². The quantitative estimate of drug-likeness (QED) is 0.754. The minimum Gasteiger partial charge on any atom is -0.399 e. The lowest BCUT2D eigenvalue weighted by Crippen LogP contribution is -2.25. The first kappa shape index (κ1) is 13.1. The molecule has 0 aliphatic rings. The number of carbonyl (C=O) groups is 1. The van der Waals surface area contributed by atoms with Crippen molar-refractivity contribution < 1.29 is 9.32 Å². The summed E-state index contributed by atoms with van der Waals surface area (Å²) in [5, 5.41) is 6.30. The second-order valence-electron chi connectivity index (χ2n) is 4.18. The molecular weight excluding hydrogens is 244 g/mol. The molecule has 0 spiro atoms. The zero-order valence-electron chi connectivity index (χ0n) is 10.5. The second-order valence-corrected chi connectivity index (χ2v) is 4.18. The van der Waals surface area contributed by atoms with E-state index in [9.17, 15) is 4.79 Å². The Balaban J connectivity index is 1.67. The number of nitrogens with two attached hydrogens (primary N) is 1. The van der Waals surface area contributed by atoms with Gasteiger partial charge in [-0.2, -0.15) is 4.98 Å². The molecule has 0 atom stereocenters. The number of benzene rings is 1. The van der Waals surface area contributed by atoms with E-state index in [1.165, 1.54) is 6.33 Å². The SMILES string of the molecule is Nc1cccc(CCC(=O)NCCc2ncno2)c1. The van der Waals surface area contributed by atoms with Gasteiger partial charge in [-0.3, -0.25) is 4.79 Å². The Morgan fingerprint density at radius 3 is 3.00 bits per heavy atom. The maximum atomic E-state index is 11.6. The van der Waals surface area contributed by atoms with E-state index in [-0.39, 0.29) is 5.91 Å². The summed E-state index contributed by atoms with van der Waals surface area (Å²) in [6, 6.07) is 7.56. The Labute approximate surface area is 111 Å². The van der Waals surface area contributed by atoms with Crippen molar-refractivity contribution in [3.63, 3.8) is 0 Å². The molecule has 0 bridgehead atoms. The fourth-order valence-electron chi connectivity index (χ4n) is 1.71. The lowest BCUT2D eigenvalue weighted by molar-refractivity contribution is -0.121. The van der Waals surface area contributed by atoms with Crippen molar-refractivity contribution in [2.45, 2.75) is 19.3 Å². The number of hydrogen-bond acceptors (Lipinski definition) is 5. The van der Waals surface area contributed by atoms with Crippen molar-refractivity contribution in [1.82, 2.24) is 15.5 Å². The standard InChI is InChI=1S/C13H16N4O2/c14-11-3-1-2-10(8-11)4-5-12(18)15-7-6-13-16-9-17-19-13/h1-3,8-9H,4-7,14H2,(H,15,18). The van der Waals surface area contributed by atoms with Crippen LogP contribution >= 0.6 is 0 Å². The van der Waals surface area contributed by atoms with Crippen LogP contribution in [0.25, 0.3) is 0 Å². The topological polar surface area (TPSA) is 94.0 Å². The zero-order valence-corrected chi connectivity index (χ0v) is 10.5. The number of carbonyl (C=O) groups excluding carboxylic acids is 1. The molecule has 0 aliphatic carbocycles. The van der Waals surface area contributed by atoms with Crippen LogP contribution in [0.15, 0.2) is 35.1 Å². The van der Waals surface area contributed by atoms with Gasteiger partial charge in [0.15, 0.2) is 6.33 Å². The Morgan fingerprint density at radius 2 is 2.26 bits per heavy atom. The van der Waals surface area contributed by atoms with Crippen LogP contribution in [-0.4, -0.2) is 22.6 Å². The molecule has 1 heterocycles. The predicted molar refractivity (Wildman–Crippen MR) is 70.2 cm³/mol. The van der Waals surface area contributed by atoms with Crippen molar-refractivity contribution in [3.05, 3.63) is 42.0 Å². The molecular formula is C13H16N4O2. The van der Waals surface area contributed by atoms with Crippen LogP contribution < -0.4 is 11.1 Å². The van der Waals surface area contributed by atoms with Crippen LogP contribution in [0.3, 0.4) is 0 Å². The molecule has 0 unspecified atom stereocenters. The highest BCUT2D eigenvalue weighted by Gasteiger charge is 2.04. The van der Waals surface area contributed by atoms with E-state index in [0.29, 0.717) is 37.4 Å². The predicted octanol–water partition coefficient (Wildman–Crippen LogP) is 0.943. The fourth-order valence-corrected chi connectivity index (χ4v) is 1.71. The third kappa shape index (κ3) is 4.42. The third-order valence-corrected chi connectivity index (χ3v) is 2.66. The number of hydrogen-bond donors (Lipinski definition) is 2. The van der Waals surface area contributed by atoms with Gasteiger partial charge in [0, 0.05) is 25.1 Å². The Hall–Kier alpha value is -2.37. The summed E-state index contributed by atoms with van der Waals surface area (Å²) in [5.41, 5.74) is 7.45. The van der Waals surface area contributed by atoms with E-state index in [0.717, 1.165) is 5.56 Å². The highest BCUT2D eigenvalue weighted by Crippen LogP contribution is 2.08. The van der Waals surface area contributed by atoms with Gasteiger partial charge in [-0.1, -0.05) is 17.3 Å². The van der Waals surface area contributed by atoms with Gasteiger partial charge in [0.25, 0.3) is 0 Å². The monoisotopic (exact) mass is 260 g/mol. The van der Waals surface area contributed by atoms with E-state index >= 15 is 0 Å². The van der Waals surface area contributed by atoms with E-state index in [1.807, 2.05) is 24.3 Å². The van der Waals surface area contributed by atoms with Crippen molar-refractivity contribution in [2.75, 3.05) is 12.3 Å². The minimum atomic E-state index is 0.00180. The normalized spacial score (nSPS) is 10.3. The van der Waals surface area contributed by atoms with Crippen molar-refractivity contribution in [2.24, 2.45) is 0 Å². The van der Waals surface area contributed by atoms with Crippen molar-refractivity contribution in [1.29, 1.82) is 0 Å². The molecule has 2 aromatic rings. The number of rotatable bonds is 6. The lowest BCUT2D eigenvalue weighted by Gasteiger charge is -2.04. The zero-order chi connectivity index (χ0) is 13.5. The van der Waals surface area contributed by atoms with Crippen LogP contribution in [0.4, 0.5) is 5.69 Å². The highest BCUT2D eigenvalue weighted by atomic mass is 16.5. The Bertz CT molecular complexity index is 525. The fraction of sp³-hybridized carbons (Fsp3) is 0.308. The smallest absolute Gasteiger partial charge is 0.228 e. The maximum Gasteiger partial charge on any atom is 0.228 e. The van der Waals surface area contributed by atoms with Gasteiger partial charge in [-0.15, -0.1) is 0 Å². The molecule has 100 valence electrons. The average Bonchev–Trinajstić information content (AvgIpc) is 2.90. The number of amides is 1. The molecule has 0 aliphatic heterocycles. The molecule has 0 saturated heterocycles. The van der Waals surface area contributed by atoms with E-state index in [2.05, 4.69) is 15.5 Å². The number of nitrogen functional groups attached to an aromatic ring is 1. The van der Waals surface area contributed by atoms with E-state index < -0.39 is 0 Å². The third-order valence-electron chi connectivity index (χ3n) is 2.66. The number of aromatic nitrogens is 2. The molecule has 1 aromatic carbocycles. The molecule has 3 N–H and O–H groups in total. The summed E-state index contributed by atoms with van der Waals surface area (Å²) < 4.78 is 4.83. The lowest BCUT2D eigenvalue weighted by atomic mass is 10.1. The average molecular weight is 260 g/mol. The molecule has 6 heteroatoms. The summed E-state index contributed by atoms with van der Waals surface area (Å²) in [5.74, 6) is 0.526. The minimum absolute atomic E-state index is 0.00180. The van der Waals surface area contributed by atoms with Gasteiger partial charge in [0.05, 0.1) is 0 Å². The van der Waals surface area contributed by atoms with Gasteiger partial charge in [-0.05, 0) is 24.1 Å². The summed E-state index contributed by atoms with van der Waals surface area (Å²) >= 11 is 0. The highest BCUT2D eigenvalue weighted by molar-refractivity contribution is 5.76. The van der Waals surface area contributed by atoms with E-state index in [4.69, 9.17) is 10.3 Å². The number of nitrogens with one attached hydrogen (secondary N) is 1. The molecule has 1 amide bonds. The summed E-state index contributed by atoms with van der Waals surface area (Å²) in [6.45, 7) is 0.498. The van der Waals surface area contributed by atoms with Crippen LogP contribution in [-0.2, 0) is 17.6 Å². The first-order valence-electron chi connectivity index (χ1n) is 6.11. The summed E-state index contributed by atoms with van der Waals surface area (Å²) in [6.07, 6.45) is 3.01. The largest absolute Gasteiger partial charge is 0.399 e. The van der Waals surface area contributed by atoms with Gasteiger partial charge in [-0.25, -0.2) is 0 Å². The molecule has 2 rings (SSSR count). The van der Waals surface area contributed by atoms with Gasteiger partial charge < -0.3 is 15.6 Å².